The minimum absolute atomic E-state index is 0.0723. The number of anilines is 1. The molecule has 32 heavy (non-hydrogen) atoms. The molecule has 0 saturated carbocycles. The van der Waals surface area contributed by atoms with Crippen LogP contribution in [0.5, 0.6) is 0 Å². The van der Waals surface area contributed by atoms with Crippen LogP contribution in [0.4, 0.5) is 18.9 Å². The van der Waals surface area contributed by atoms with E-state index >= 15 is 0 Å². The second kappa shape index (κ2) is 10.5. The zero-order chi connectivity index (χ0) is 23.0. The molecule has 5 nitrogen and oxygen atoms in total. The molecule has 0 aliphatic heterocycles. The maximum atomic E-state index is 12.6. The molecule has 0 bridgehead atoms. The number of hydrogen-bond donors (Lipinski definition) is 2. The van der Waals surface area contributed by atoms with Crippen molar-refractivity contribution in [1.29, 1.82) is 0 Å². The van der Waals surface area contributed by atoms with Gasteiger partial charge in [-0.25, -0.2) is 0 Å². The van der Waals surface area contributed by atoms with E-state index in [-0.39, 0.29) is 12.1 Å². The van der Waals surface area contributed by atoms with Crippen molar-refractivity contribution >= 4 is 17.4 Å². The normalized spacial score (nSPS) is 11.8. The Kier molecular flexibility index (Phi) is 7.49. The standard InChI is InChI=1S/C24H21F3N2O3/c25-24(26,27)32-29-23(19-6-2-1-3-7-19)20-8-4-5-18(15-20)16-28-21-12-9-17(10-13-21)11-14-22(30)31/h1-10,12-13,15,28H,11,14,16H2,(H,30,31)/b29-23-. The van der Waals surface area contributed by atoms with Gasteiger partial charge in [-0.2, -0.15) is 0 Å². The first-order chi connectivity index (χ1) is 15.3. The van der Waals surface area contributed by atoms with Gasteiger partial charge in [0, 0.05) is 29.8 Å². The van der Waals surface area contributed by atoms with Crippen molar-refractivity contribution in [2.75, 3.05) is 5.32 Å². The monoisotopic (exact) mass is 442 g/mol. The number of oxime groups is 1. The Morgan fingerprint density at radius 3 is 2.25 bits per heavy atom. The molecule has 0 heterocycles. The van der Waals surface area contributed by atoms with Gasteiger partial charge in [-0.1, -0.05) is 65.8 Å². The molecular formula is C24H21F3N2O3. The number of aryl methyl sites for hydroxylation is 1. The first-order valence-corrected chi connectivity index (χ1v) is 9.82. The summed E-state index contributed by atoms with van der Waals surface area (Å²) in [4.78, 5) is 14.4. The van der Waals surface area contributed by atoms with Gasteiger partial charge in [-0.15, -0.1) is 13.2 Å². The first kappa shape index (κ1) is 22.9. The summed E-state index contributed by atoms with van der Waals surface area (Å²) >= 11 is 0. The highest BCUT2D eigenvalue weighted by Crippen LogP contribution is 2.20. The average molecular weight is 442 g/mol. The second-order valence-electron chi connectivity index (χ2n) is 6.99. The summed E-state index contributed by atoms with van der Waals surface area (Å²) in [6.45, 7) is 0.435. The smallest absolute Gasteiger partial charge is 0.481 e. The molecule has 0 aliphatic carbocycles. The summed E-state index contributed by atoms with van der Waals surface area (Å²) in [5.74, 6) is -0.842. The third kappa shape index (κ3) is 7.16. The van der Waals surface area contributed by atoms with Crippen LogP contribution in [0, 0.1) is 0 Å². The van der Waals surface area contributed by atoms with Crippen molar-refractivity contribution < 1.29 is 27.9 Å². The van der Waals surface area contributed by atoms with Crippen LogP contribution in [-0.4, -0.2) is 23.1 Å². The third-order valence-electron chi connectivity index (χ3n) is 4.57. The quantitative estimate of drug-likeness (QED) is 0.334. The van der Waals surface area contributed by atoms with Crippen molar-refractivity contribution in [3.8, 4) is 0 Å². The Morgan fingerprint density at radius 1 is 0.906 bits per heavy atom. The molecule has 166 valence electrons. The summed E-state index contributed by atoms with van der Waals surface area (Å²) < 4.78 is 37.7. The first-order valence-electron chi connectivity index (χ1n) is 9.82. The number of alkyl halides is 3. The zero-order valence-electron chi connectivity index (χ0n) is 17.0. The minimum atomic E-state index is -4.88. The Labute approximate surface area is 183 Å². The second-order valence-corrected chi connectivity index (χ2v) is 6.99. The zero-order valence-corrected chi connectivity index (χ0v) is 17.0. The number of aliphatic carboxylic acids is 1. The molecule has 2 N–H and O–H groups in total. The maximum absolute atomic E-state index is 12.6. The number of benzene rings is 3. The SMILES string of the molecule is O=C(O)CCc1ccc(NCc2cccc(/C(=N\OC(F)(F)F)c3ccccc3)c2)cc1. The number of hydrogen-bond acceptors (Lipinski definition) is 4. The number of nitrogens with one attached hydrogen (secondary N) is 1. The predicted octanol–water partition coefficient (Wildman–Crippen LogP) is 5.60. The molecular weight excluding hydrogens is 421 g/mol. The van der Waals surface area contributed by atoms with Gasteiger partial charge < -0.3 is 10.4 Å². The lowest BCUT2D eigenvalue weighted by Crippen LogP contribution is -2.13. The maximum Gasteiger partial charge on any atom is 0.593 e. The summed E-state index contributed by atoms with van der Waals surface area (Å²) in [5.41, 5.74) is 3.67. The van der Waals surface area contributed by atoms with Crippen LogP contribution < -0.4 is 5.32 Å². The molecule has 0 aliphatic rings. The van der Waals surface area contributed by atoms with Crippen molar-refractivity contribution in [1.82, 2.24) is 0 Å². The van der Waals surface area contributed by atoms with Crippen LogP contribution in [0.25, 0.3) is 0 Å². The van der Waals surface area contributed by atoms with Crippen LogP contribution in [0.1, 0.15) is 28.7 Å². The van der Waals surface area contributed by atoms with Gasteiger partial charge in [-0.05, 0) is 35.7 Å². The molecule has 0 radical (unpaired) electrons. The lowest BCUT2D eigenvalue weighted by atomic mass is 10.0. The predicted molar refractivity (Wildman–Crippen MR) is 115 cm³/mol. The fraction of sp³-hybridized carbons (Fsp3) is 0.167. The van der Waals surface area contributed by atoms with E-state index in [4.69, 9.17) is 5.11 Å². The largest absolute Gasteiger partial charge is 0.593 e. The molecule has 0 atom stereocenters. The topological polar surface area (TPSA) is 70.9 Å². The van der Waals surface area contributed by atoms with Crippen molar-refractivity contribution in [2.45, 2.75) is 25.7 Å². The molecule has 0 unspecified atom stereocenters. The summed E-state index contributed by atoms with van der Waals surface area (Å²) in [5, 5.41) is 15.4. The van der Waals surface area contributed by atoms with E-state index in [1.165, 1.54) is 0 Å². The molecule has 0 saturated heterocycles. The summed E-state index contributed by atoms with van der Waals surface area (Å²) in [6.07, 6.45) is -4.35. The molecule has 0 spiro atoms. The summed E-state index contributed by atoms with van der Waals surface area (Å²) in [6, 6.07) is 23.0. The highest BCUT2D eigenvalue weighted by atomic mass is 19.4. The Hall–Kier alpha value is -3.81. The number of nitrogens with zero attached hydrogens (tertiary/aromatic N) is 1. The lowest BCUT2D eigenvalue weighted by molar-refractivity contribution is -0.325. The van der Waals surface area contributed by atoms with Crippen LogP contribution in [-0.2, 0) is 22.6 Å². The van der Waals surface area contributed by atoms with Crippen LogP contribution in [0.15, 0.2) is 84.0 Å². The Bertz CT molecular complexity index is 1070. The molecule has 3 aromatic rings. The molecule has 0 fully saturated rings. The average Bonchev–Trinajstić information content (AvgIpc) is 2.77. The number of carboxylic acid groups (broad SMARTS) is 1. The Balaban J connectivity index is 1.73. The van der Waals surface area contributed by atoms with Crippen LogP contribution in [0.2, 0.25) is 0 Å². The highest BCUT2D eigenvalue weighted by Gasteiger charge is 2.31. The number of carboxylic acids is 1. The molecule has 0 aromatic heterocycles. The van der Waals surface area contributed by atoms with Crippen LogP contribution >= 0.6 is 0 Å². The van der Waals surface area contributed by atoms with Gasteiger partial charge >= 0.3 is 12.3 Å². The highest BCUT2D eigenvalue weighted by molar-refractivity contribution is 6.12. The molecule has 3 rings (SSSR count). The fourth-order valence-corrected chi connectivity index (χ4v) is 3.04. The van der Waals surface area contributed by atoms with E-state index < -0.39 is 12.3 Å². The van der Waals surface area contributed by atoms with Gasteiger partial charge in [0.25, 0.3) is 0 Å². The van der Waals surface area contributed by atoms with Gasteiger partial charge in [0.2, 0.25) is 0 Å². The Morgan fingerprint density at radius 2 is 1.59 bits per heavy atom. The van der Waals surface area contributed by atoms with Crippen molar-refractivity contribution in [3.63, 3.8) is 0 Å². The molecule has 8 heteroatoms. The van der Waals surface area contributed by atoms with E-state index in [1.54, 1.807) is 48.5 Å². The van der Waals surface area contributed by atoms with Gasteiger partial charge in [0.1, 0.15) is 5.71 Å². The number of halogens is 3. The van der Waals surface area contributed by atoms with Crippen molar-refractivity contribution in [2.24, 2.45) is 5.16 Å². The van der Waals surface area contributed by atoms with E-state index in [0.717, 1.165) is 16.8 Å². The number of carbonyl (C=O) groups is 1. The van der Waals surface area contributed by atoms with E-state index in [9.17, 15) is 18.0 Å². The molecule has 3 aromatic carbocycles. The van der Waals surface area contributed by atoms with Gasteiger partial charge in [-0.3, -0.25) is 9.63 Å². The van der Waals surface area contributed by atoms with Gasteiger partial charge in [0.05, 0.1) is 0 Å². The van der Waals surface area contributed by atoms with E-state index in [2.05, 4.69) is 15.3 Å². The van der Waals surface area contributed by atoms with Crippen molar-refractivity contribution in [3.05, 3.63) is 101 Å². The van der Waals surface area contributed by atoms with E-state index in [0.29, 0.717) is 24.1 Å². The molecule has 0 amide bonds. The number of rotatable bonds is 9. The van der Waals surface area contributed by atoms with Crippen LogP contribution in [0.3, 0.4) is 0 Å². The minimum Gasteiger partial charge on any atom is -0.481 e. The van der Waals surface area contributed by atoms with Gasteiger partial charge in [0.15, 0.2) is 0 Å². The lowest BCUT2D eigenvalue weighted by Gasteiger charge is -2.11. The third-order valence-corrected chi connectivity index (χ3v) is 4.57. The summed E-state index contributed by atoms with van der Waals surface area (Å²) in [7, 11) is 0. The fourth-order valence-electron chi connectivity index (χ4n) is 3.04. The van der Waals surface area contributed by atoms with E-state index in [1.807, 2.05) is 30.3 Å².